The third-order valence-electron chi connectivity index (χ3n) is 5.52. The minimum absolute atomic E-state index is 0.174. The number of imidazole rings is 1. The molecule has 0 radical (unpaired) electrons. The molecule has 0 aliphatic heterocycles. The third kappa shape index (κ3) is 4.41. The highest BCUT2D eigenvalue weighted by Gasteiger charge is 2.16. The van der Waals surface area contributed by atoms with Gasteiger partial charge in [-0.15, -0.1) is 0 Å². The molecule has 0 bridgehead atoms. The average Bonchev–Trinajstić information content (AvgIpc) is 2.88. The Kier molecular flexibility index (Phi) is 6.00. The van der Waals surface area contributed by atoms with Crippen LogP contribution in [0.15, 0.2) is 48.7 Å². The van der Waals surface area contributed by atoms with Crippen molar-refractivity contribution in [2.45, 2.75) is 63.8 Å². The summed E-state index contributed by atoms with van der Waals surface area (Å²) >= 11 is 0. The molecule has 0 unspecified atom stereocenters. The van der Waals surface area contributed by atoms with Crippen molar-refractivity contribution in [1.82, 2.24) is 19.9 Å². The molecular formula is C23H28N4O. The summed E-state index contributed by atoms with van der Waals surface area (Å²) in [6.45, 7) is 0. The maximum absolute atomic E-state index is 12.4. The number of amides is 1. The van der Waals surface area contributed by atoms with Crippen LogP contribution in [0.25, 0.3) is 16.9 Å². The van der Waals surface area contributed by atoms with E-state index < -0.39 is 0 Å². The Balaban J connectivity index is 1.43. The number of nitrogens with one attached hydrogen (secondary N) is 1. The summed E-state index contributed by atoms with van der Waals surface area (Å²) in [6, 6.07) is 14.5. The zero-order valence-corrected chi connectivity index (χ0v) is 16.3. The molecule has 2 heterocycles. The number of fused-ring (bicyclic) bond motifs is 1. The van der Waals surface area contributed by atoms with Crippen molar-refractivity contribution in [2.24, 2.45) is 0 Å². The highest BCUT2D eigenvalue weighted by Crippen LogP contribution is 2.21. The largest absolute Gasteiger partial charge is 0.353 e. The second-order valence-corrected chi connectivity index (χ2v) is 7.65. The van der Waals surface area contributed by atoms with Crippen molar-refractivity contribution >= 4 is 17.1 Å². The summed E-state index contributed by atoms with van der Waals surface area (Å²) in [5.41, 5.74) is 2.82. The van der Waals surface area contributed by atoms with Gasteiger partial charge in [0.15, 0.2) is 5.65 Å². The maximum Gasteiger partial charge on any atom is 0.220 e. The SMILES string of the molecule is O=C(CCCc1nc2cccnc2n1-c1ccccc1)NC1CCCCCC1. The van der Waals surface area contributed by atoms with Crippen LogP contribution in [0.3, 0.4) is 0 Å². The van der Waals surface area contributed by atoms with Crippen molar-refractivity contribution in [3.8, 4) is 5.69 Å². The van der Waals surface area contributed by atoms with Crippen LogP contribution in [-0.4, -0.2) is 26.5 Å². The number of hydrogen-bond donors (Lipinski definition) is 1. The molecule has 146 valence electrons. The van der Waals surface area contributed by atoms with E-state index in [4.69, 9.17) is 4.98 Å². The highest BCUT2D eigenvalue weighted by atomic mass is 16.1. The number of benzene rings is 1. The monoisotopic (exact) mass is 376 g/mol. The van der Waals surface area contributed by atoms with Crippen molar-refractivity contribution in [1.29, 1.82) is 0 Å². The number of para-hydroxylation sites is 1. The first-order valence-electron chi connectivity index (χ1n) is 10.5. The molecule has 0 spiro atoms. The lowest BCUT2D eigenvalue weighted by molar-refractivity contribution is -0.122. The predicted octanol–water partition coefficient (Wildman–Crippen LogP) is 4.58. The number of rotatable bonds is 6. The fourth-order valence-corrected chi connectivity index (χ4v) is 4.11. The van der Waals surface area contributed by atoms with Gasteiger partial charge in [-0.1, -0.05) is 43.9 Å². The van der Waals surface area contributed by atoms with Crippen molar-refractivity contribution in [2.75, 3.05) is 0 Å². The fraction of sp³-hybridized carbons (Fsp3) is 0.435. The highest BCUT2D eigenvalue weighted by molar-refractivity contribution is 5.76. The molecule has 2 aromatic heterocycles. The average molecular weight is 377 g/mol. The van der Waals surface area contributed by atoms with E-state index >= 15 is 0 Å². The van der Waals surface area contributed by atoms with Gasteiger partial charge >= 0.3 is 0 Å². The van der Waals surface area contributed by atoms with Crippen LogP contribution in [-0.2, 0) is 11.2 Å². The quantitative estimate of drug-likeness (QED) is 0.641. The molecule has 1 aliphatic rings. The minimum Gasteiger partial charge on any atom is -0.353 e. The van der Waals surface area contributed by atoms with Gasteiger partial charge in [0.2, 0.25) is 5.91 Å². The Labute approximate surface area is 166 Å². The van der Waals surface area contributed by atoms with Gasteiger partial charge in [0.1, 0.15) is 11.3 Å². The van der Waals surface area contributed by atoms with Crippen LogP contribution < -0.4 is 5.32 Å². The molecule has 3 aromatic rings. The second kappa shape index (κ2) is 9.00. The van der Waals surface area contributed by atoms with Crippen molar-refractivity contribution in [3.05, 3.63) is 54.5 Å². The van der Waals surface area contributed by atoms with E-state index in [2.05, 4.69) is 27.0 Å². The molecule has 5 heteroatoms. The molecule has 1 aliphatic carbocycles. The topological polar surface area (TPSA) is 59.8 Å². The number of carbonyl (C=O) groups excluding carboxylic acids is 1. The summed E-state index contributed by atoms with van der Waals surface area (Å²) in [6.07, 6.45) is 11.2. The normalized spacial score (nSPS) is 15.4. The lowest BCUT2D eigenvalue weighted by Crippen LogP contribution is -2.34. The van der Waals surface area contributed by atoms with Gasteiger partial charge < -0.3 is 5.32 Å². The molecule has 4 rings (SSSR count). The van der Waals surface area contributed by atoms with E-state index in [1.54, 1.807) is 6.20 Å². The molecule has 1 fully saturated rings. The molecule has 1 N–H and O–H groups in total. The van der Waals surface area contributed by atoms with Gasteiger partial charge in [0, 0.05) is 30.8 Å². The van der Waals surface area contributed by atoms with Crippen LogP contribution in [0.4, 0.5) is 0 Å². The lowest BCUT2D eigenvalue weighted by Gasteiger charge is -2.16. The van der Waals surface area contributed by atoms with E-state index in [0.717, 1.165) is 48.4 Å². The van der Waals surface area contributed by atoms with Crippen LogP contribution in [0.5, 0.6) is 0 Å². The maximum atomic E-state index is 12.4. The lowest BCUT2D eigenvalue weighted by atomic mass is 10.1. The summed E-state index contributed by atoms with van der Waals surface area (Å²) < 4.78 is 2.11. The molecule has 0 atom stereocenters. The van der Waals surface area contributed by atoms with Crippen LogP contribution >= 0.6 is 0 Å². The zero-order chi connectivity index (χ0) is 19.2. The van der Waals surface area contributed by atoms with Gasteiger partial charge in [0.05, 0.1) is 0 Å². The van der Waals surface area contributed by atoms with Gasteiger partial charge in [0.25, 0.3) is 0 Å². The molecule has 28 heavy (non-hydrogen) atoms. The number of aromatic nitrogens is 3. The molecule has 0 saturated heterocycles. The number of carbonyl (C=O) groups is 1. The molecule has 5 nitrogen and oxygen atoms in total. The third-order valence-corrected chi connectivity index (χ3v) is 5.52. The molecule has 1 saturated carbocycles. The van der Waals surface area contributed by atoms with E-state index in [0.29, 0.717) is 12.5 Å². The summed E-state index contributed by atoms with van der Waals surface area (Å²) in [4.78, 5) is 21.7. The number of aryl methyl sites for hydroxylation is 1. The standard InChI is InChI=1S/C23H28N4O/c28-22(25-18-10-4-1-2-5-11-18)16-8-15-21-26-20-14-9-17-24-23(20)27(21)19-12-6-3-7-13-19/h3,6-7,9,12-14,17-18H,1-2,4-5,8,10-11,15-16H2,(H,25,28). The smallest absolute Gasteiger partial charge is 0.220 e. The van der Waals surface area contributed by atoms with E-state index in [1.165, 1.54) is 25.7 Å². The number of hydrogen-bond acceptors (Lipinski definition) is 3. The van der Waals surface area contributed by atoms with Crippen LogP contribution in [0.2, 0.25) is 0 Å². The van der Waals surface area contributed by atoms with Crippen LogP contribution in [0.1, 0.15) is 57.2 Å². The second-order valence-electron chi connectivity index (χ2n) is 7.65. The Hall–Kier alpha value is -2.69. The van der Waals surface area contributed by atoms with E-state index in [-0.39, 0.29) is 5.91 Å². The Morgan fingerprint density at radius 3 is 2.61 bits per heavy atom. The summed E-state index contributed by atoms with van der Waals surface area (Å²) in [5.74, 6) is 1.13. The van der Waals surface area contributed by atoms with E-state index in [9.17, 15) is 4.79 Å². The van der Waals surface area contributed by atoms with Gasteiger partial charge in [-0.05, 0) is 43.5 Å². The van der Waals surface area contributed by atoms with Gasteiger partial charge in [-0.2, -0.15) is 0 Å². The summed E-state index contributed by atoms with van der Waals surface area (Å²) in [7, 11) is 0. The van der Waals surface area contributed by atoms with Gasteiger partial charge in [-0.3, -0.25) is 9.36 Å². The molecule has 1 amide bonds. The first-order chi connectivity index (χ1) is 13.8. The van der Waals surface area contributed by atoms with Crippen LogP contribution in [0, 0.1) is 0 Å². The number of nitrogens with zero attached hydrogens (tertiary/aromatic N) is 3. The van der Waals surface area contributed by atoms with Gasteiger partial charge in [-0.25, -0.2) is 9.97 Å². The molecular weight excluding hydrogens is 348 g/mol. The predicted molar refractivity (Wildman–Crippen MR) is 111 cm³/mol. The Morgan fingerprint density at radius 1 is 1.04 bits per heavy atom. The first kappa shape index (κ1) is 18.7. The fourth-order valence-electron chi connectivity index (χ4n) is 4.11. The molecule has 1 aromatic carbocycles. The zero-order valence-electron chi connectivity index (χ0n) is 16.3. The minimum atomic E-state index is 0.174. The number of pyridine rings is 1. The summed E-state index contributed by atoms with van der Waals surface area (Å²) in [5, 5.41) is 3.24. The van der Waals surface area contributed by atoms with Crippen molar-refractivity contribution < 1.29 is 4.79 Å². The Bertz CT molecular complexity index is 911. The van der Waals surface area contributed by atoms with E-state index in [1.807, 2.05) is 30.3 Å². The van der Waals surface area contributed by atoms with Crippen molar-refractivity contribution in [3.63, 3.8) is 0 Å². The Morgan fingerprint density at radius 2 is 1.82 bits per heavy atom. The first-order valence-corrected chi connectivity index (χ1v) is 10.5.